The zero-order valence-corrected chi connectivity index (χ0v) is 31.7. The van der Waals surface area contributed by atoms with E-state index in [1.807, 2.05) is 5.32 Å². The number of carboxylic acid groups (broad SMARTS) is 2. The molecular weight excluding hydrogens is 744 g/mol. The molecule has 0 aromatic heterocycles. The van der Waals surface area contributed by atoms with Gasteiger partial charge in [0.25, 0.3) is 17.7 Å². The Balaban J connectivity index is 2.11. The number of nitrogens with one attached hydrogen (secondary N) is 5. The fourth-order valence-corrected chi connectivity index (χ4v) is 5.95. The Bertz CT molecular complexity index is 1880. The van der Waals surface area contributed by atoms with E-state index in [1.165, 1.54) is 52.1 Å². The molecule has 0 saturated heterocycles. The summed E-state index contributed by atoms with van der Waals surface area (Å²) in [5.74, 6) is -8.94. The van der Waals surface area contributed by atoms with E-state index in [1.54, 1.807) is 13.8 Å². The summed E-state index contributed by atoms with van der Waals surface area (Å²) in [6, 6.07) is -3.37. The third-order valence-electron chi connectivity index (χ3n) is 9.22. The maximum absolute atomic E-state index is 14.7. The molecule has 9 N–H and O–H groups in total. The van der Waals surface area contributed by atoms with Crippen molar-refractivity contribution >= 4 is 53.1 Å². The molecule has 19 heteroatoms. The molecular formula is C36H45ClN6O12. The minimum atomic E-state index is -1.75. The number of aliphatic hydroxyl groups is 1. The van der Waals surface area contributed by atoms with Crippen LogP contribution >= 0.6 is 11.6 Å². The molecule has 0 radical (unpaired) electrons. The summed E-state index contributed by atoms with van der Waals surface area (Å²) in [6.45, 7) is 11.3. The van der Waals surface area contributed by atoms with Gasteiger partial charge in [-0.05, 0) is 69.5 Å². The normalized spacial score (nSPS) is 24.8. The van der Waals surface area contributed by atoms with Gasteiger partial charge < -0.3 is 56.6 Å². The number of hydrogen-bond acceptors (Lipinski definition) is 11. The van der Waals surface area contributed by atoms with Crippen molar-refractivity contribution in [2.24, 2.45) is 0 Å². The molecule has 6 atom stereocenters. The summed E-state index contributed by atoms with van der Waals surface area (Å²) < 4.78 is 6.29. The van der Waals surface area contributed by atoms with Crippen LogP contribution in [0.5, 0.6) is 11.5 Å². The average Bonchev–Trinajstić information content (AvgIpc) is 3.62. The molecule has 0 saturated carbocycles. The van der Waals surface area contributed by atoms with Gasteiger partial charge in [0.05, 0.1) is 11.1 Å². The fourth-order valence-electron chi connectivity index (χ4n) is 5.73. The van der Waals surface area contributed by atoms with Crippen LogP contribution in [-0.4, -0.2) is 110 Å². The smallest absolute Gasteiger partial charge is 0.352 e. The highest BCUT2D eigenvalue weighted by molar-refractivity contribution is 6.32. The molecule has 2 aliphatic rings. The van der Waals surface area contributed by atoms with E-state index in [-0.39, 0.29) is 52.9 Å². The third-order valence-corrected chi connectivity index (χ3v) is 9.51. The first-order valence-electron chi connectivity index (χ1n) is 17.0. The summed E-state index contributed by atoms with van der Waals surface area (Å²) >= 11 is 6.33. The van der Waals surface area contributed by atoms with E-state index in [2.05, 4.69) is 27.8 Å². The fraction of sp³-hybridized carbons (Fsp3) is 0.417. The van der Waals surface area contributed by atoms with E-state index in [0.29, 0.717) is 0 Å². The number of phenolic OH excluding ortho intramolecular Hbond substituents is 1. The van der Waals surface area contributed by atoms with Crippen LogP contribution in [-0.2, 0) is 33.6 Å². The minimum absolute atomic E-state index is 0.0204. The molecule has 1 aromatic carbocycles. The van der Waals surface area contributed by atoms with Crippen molar-refractivity contribution < 1.29 is 58.7 Å². The summed E-state index contributed by atoms with van der Waals surface area (Å²) in [7, 11) is 1.40. The number of rotatable bonds is 11. The quantitative estimate of drug-likeness (QED) is 0.109. The number of fused-ring (bicyclic) bond motifs is 2. The molecule has 2 bridgehead atoms. The van der Waals surface area contributed by atoms with Crippen LogP contribution in [0.4, 0.5) is 0 Å². The van der Waals surface area contributed by atoms with Gasteiger partial charge in [-0.25, -0.2) is 9.59 Å². The number of nitrogens with zero attached hydrogens (tertiary/aromatic N) is 1. The predicted octanol–water partition coefficient (Wildman–Crippen LogP) is 0.510. The Kier molecular flexibility index (Phi) is 14.4. The van der Waals surface area contributed by atoms with E-state index in [4.69, 9.17) is 21.4 Å². The van der Waals surface area contributed by atoms with Crippen molar-refractivity contribution in [1.82, 2.24) is 31.5 Å². The first kappa shape index (κ1) is 43.7. The third kappa shape index (κ3) is 9.88. The minimum Gasteiger partial charge on any atom is -0.503 e. The Morgan fingerprint density at radius 1 is 1.09 bits per heavy atom. The lowest BCUT2D eigenvalue weighted by molar-refractivity contribution is -0.146. The Hall–Kier alpha value is -5.72. The lowest BCUT2D eigenvalue weighted by atomic mass is 9.90. The second-order valence-electron chi connectivity index (χ2n) is 13.1. The Labute approximate surface area is 321 Å². The van der Waals surface area contributed by atoms with Gasteiger partial charge in [0, 0.05) is 6.54 Å². The molecule has 2 aliphatic heterocycles. The monoisotopic (exact) mass is 788 g/mol. The van der Waals surface area contributed by atoms with Crippen LogP contribution in [0.1, 0.15) is 59.1 Å². The summed E-state index contributed by atoms with van der Waals surface area (Å²) in [5.41, 5.74) is -2.62. The molecule has 2 heterocycles. The molecule has 55 heavy (non-hydrogen) atoms. The van der Waals surface area contributed by atoms with Crippen LogP contribution in [0.3, 0.4) is 0 Å². The average molecular weight is 789 g/mol. The molecule has 3 rings (SSSR count). The molecule has 0 unspecified atom stereocenters. The van der Waals surface area contributed by atoms with Gasteiger partial charge in [-0.1, -0.05) is 44.2 Å². The lowest BCUT2D eigenvalue weighted by Crippen LogP contribution is -2.65. The number of aliphatic hydroxyl groups excluding tert-OH is 1. The van der Waals surface area contributed by atoms with E-state index < -0.39 is 94.5 Å². The van der Waals surface area contributed by atoms with Crippen LogP contribution in [0.2, 0.25) is 5.02 Å². The second-order valence-corrected chi connectivity index (χ2v) is 13.5. The summed E-state index contributed by atoms with van der Waals surface area (Å²) in [4.78, 5) is 92.9. The first-order chi connectivity index (χ1) is 25.7. The molecule has 1 aromatic rings. The topological polar surface area (TPSA) is 273 Å². The van der Waals surface area contributed by atoms with Crippen molar-refractivity contribution in [3.8, 4) is 11.5 Å². The summed E-state index contributed by atoms with van der Waals surface area (Å²) in [6.07, 6.45) is 1.71. The number of halogens is 1. The van der Waals surface area contributed by atoms with Gasteiger partial charge in [0.1, 0.15) is 47.3 Å². The van der Waals surface area contributed by atoms with Crippen LogP contribution in [0.25, 0.3) is 0 Å². The van der Waals surface area contributed by atoms with Gasteiger partial charge in [0.2, 0.25) is 11.8 Å². The van der Waals surface area contributed by atoms with Gasteiger partial charge in [0.15, 0.2) is 11.5 Å². The number of aliphatic carboxylic acids is 2. The van der Waals surface area contributed by atoms with Gasteiger partial charge in [-0.2, -0.15) is 0 Å². The highest BCUT2D eigenvalue weighted by Crippen LogP contribution is 2.41. The summed E-state index contributed by atoms with van der Waals surface area (Å²) in [5, 5.41) is 52.6. The van der Waals surface area contributed by atoms with Gasteiger partial charge >= 0.3 is 11.9 Å². The zero-order valence-electron chi connectivity index (χ0n) is 31.0. The number of ether oxygens (including phenoxy) is 1. The zero-order chi connectivity index (χ0) is 41.5. The number of benzene rings is 1. The van der Waals surface area contributed by atoms with E-state index in [9.17, 15) is 48.9 Å². The first-order valence-corrected chi connectivity index (χ1v) is 17.4. The SMILES string of the molecule is C=C(C)[C@@H]1NC(=O)[C@@H](NC)[C@@H](O)c2cc(Cl)c(O)c(c2)O[C@](C)(CC)[C@H](C(=O)N2CC=C[C@H]2C(=O)N/C(C(=O)NC(=CC(=O)O)C(=O)O)=C(\C)CC)NC1=O. The maximum Gasteiger partial charge on any atom is 0.352 e. The van der Waals surface area contributed by atoms with Crippen LogP contribution in [0.15, 0.2) is 59.5 Å². The largest absolute Gasteiger partial charge is 0.503 e. The van der Waals surface area contributed by atoms with Gasteiger partial charge in [-0.3, -0.25) is 24.0 Å². The molecule has 0 aliphatic carbocycles. The molecule has 18 nitrogen and oxygen atoms in total. The lowest BCUT2D eigenvalue weighted by Gasteiger charge is -2.40. The van der Waals surface area contributed by atoms with Crippen molar-refractivity contribution in [2.45, 2.75) is 83.3 Å². The van der Waals surface area contributed by atoms with Crippen molar-refractivity contribution in [3.05, 3.63) is 70.1 Å². The number of hydrogen-bond donors (Lipinski definition) is 9. The van der Waals surface area contributed by atoms with Gasteiger partial charge in [-0.15, -0.1) is 0 Å². The van der Waals surface area contributed by atoms with Crippen LogP contribution < -0.4 is 31.3 Å². The number of amides is 5. The number of allylic oxidation sites excluding steroid dienone is 1. The Morgan fingerprint density at radius 3 is 2.29 bits per heavy atom. The highest BCUT2D eigenvalue weighted by atomic mass is 35.5. The number of carboxylic acids is 2. The van der Waals surface area contributed by atoms with Crippen LogP contribution in [0, 0.1) is 0 Å². The van der Waals surface area contributed by atoms with Crippen molar-refractivity contribution in [1.29, 1.82) is 0 Å². The highest BCUT2D eigenvalue weighted by Gasteiger charge is 2.47. The van der Waals surface area contributed by atoms with Crippen molar-refractivity contribution in [2.75, 3.05) is 13.6 Å². The predicted molar refractivity (Wildman–Crippen MR) is 196 cm³/mol. The molecule has 0 spiro atoms. The molecule has 5 amide bonds. The number of likely N-dealkylation sites (N-methyl/N-ethyl adjacent to an activating group) is 1. The molecule has 298 valence electrons. The number of carbonyl (C=O) groups excluding carboxylic acids is 5. The van der Waals surface area contributed by atoms with Crippen molar-refractivity contribution in [3.63, 3.8) is 0 Å². The molecule has 0 fully saturated rings. The van der Waals surface area contributed by atoms with E-state index >= 15 is 0 Å². The Morgan fingerprint density at radius 2 is 1.75 bits per heavy atom. The number of aromatic hydroxyl groups is 1. The van der Waals surface area contributed by atoms with E-state index in [0.717, 1.165) is 4.90 Å². The second kappa shape index (κ2) is 18.1. The number of carbonyl (C=O) groups is 7. The number of phenols is 1. The standard InChI is InChI=1S/C36H45ClN6O12/c1-8-17(5)25(32(50)39-20(35(53)54)15-23(44)45)41-30(48)21-11-10-12-43(21)34(52)29-36(6,9-2)55-22-14-18(13-19(37)28(22)47)27(46)26(38-7)33(51)40-24(16(3)4)31(49)42-29/h10-11,13-15,21,24,26-27,29,38,46-47H,3,8-9,12H2,1-2,4-7H3,(H,39,50)(H,40,51)(H,41,48)(H,42,49)(H,44,45)(H,53,54)/b20-15?,25-17+/t21-,24-,26-,27-,29-,36+/m0/s1. The maximum atomic E-state index is 14.7.